The second-order valence-corrected chi connectivity index (χ2v) is 9.01. The molecule has 1 aromatic carbocycles. The van der Waals surface area contributed by atoms with Crippen LogP contribution in [0.5, 0.6) is 0 Å². The second kappa shape index (κ2) is 13.0. The quantitative estimate of drug-likeness (QED) is 0.318. The van der Waals surface area contributed by atoms with Crippen LogP contribution in [0.1, 0.15) is 84.7 Å². The molecule has 182 valence electrons. The molecule has 0 spiro atoms. The van der Waals surface area contributed by atoms with Gasteiger partial charge in [0, 0.05) is 24.4 Å². The zero-order valence-corrected chi connectivity index (χ0v) is 20.7. The van der Waals surface area contributed by atoms with Crippen molar-refractivity contribution >= 4 is 23.6 Å². The van der Waals surface area contributed by atoms with Crippen molar-refractivity contribution in [2.24, 2.45) is 5.92 Å². The number of nitrogens with one attached hydrogen (secondary N) is 2. The smallest absolute Gasteiger partial charge is 0.338 e. The van der Waals surface area contributed by atoms with Crippen molar-refractivity contribution in [3.05, 3.63) is 41.1 Å². The zero-order chi connectivity index (χ0) is 24.4. The predicted octanol–water partition coefficient (Wildman–Crippen LogP) is 5.55. The Balaban J connectivity index is 2.20. The highest BCUT2D eigenvalue weighted by atomic mass is 16.5. The number of anilines is 1. The minimum absolute atomic E-state index is 0.00581. The maximum absolute atomic E-state index is 13.0. The highest BCUT2D eigenvalue weighted by Crippen LogP contribution is 2.32. The number of hydrogen-bond acceptors (Lipinski definition) is 4. The van der Waals surface area contributed by atoms with Gasteiger partial charge in [-0.05, 0) is 43.4 Å². The summed E-state index contributed by atoms with van der Waals surface area (Å²) >= 11 is 0. The first-order chi connectivity index (χ1) is 15.8. The fraction of sp³-hybridized carbons (Fsp3) is 0.577. The Morgan fingerprint density at radius 3 is 2.39 bits per heavy atom. The third-order valence-corrected chi connectivity index (χ3v) is 5.60. The average Bonchev–Trinajstić information content (AvgIpc) is 2.78. The minimum atomic E-state index is -0.607. The number of hydrogen-bond donors (Lipinski definition) is 2. The van der Waals surface area contributed by atoms with Crippen LogP contribution in [0.15, 0.2) is 35.5 Å². The van der Waals surface area contributed by atoms with Gasteiger partial charge in [0.05, 0.1) is 18.2 Å². The summed E-state index contributed by atoms with van der Waals surface area (Å²) in [7, 11) is 0. The molecule has 1 unspecified atom stereocenters. The Bertz CT molecular complexity index is 846. The SMILES string of the molecule is CCCCCCC(=O)Nc1ccc(C2NC(=O)N(CCC)C(C)=C2C(=O)OCC(C)C)cc1. The van der Waals surface area contributed by atoms with E-state index in [1.165, 1.54) is 0 Å². The van der Waals surface area contributed by atoms with E-state index in [-0.39, 0.29) is 17.9 Å². The molecule has 1 aliphatic heterocycles. The van der Waals surface area contributed by atoms with Crippen molar-refractivity contribution in [1.82, 2.24) is 10.2 Å². The van der Waals surface area contributed by atoms with Gasteiger partial charge < -0.3 is 15.4 Å². The topological polar surface area (TPSA) is 87.7 Å². The van der Waals surface area contributed by atoms with Crippen molar-refractivity contribution in [1.29, 1.82) is 0 Å². The number of esters is 1. The summed E-state index contributed by atoms with van der Waals surface area (Å²) in [6, 6.07) is 6.42. The number of allylic oxidation sites excluding steroid dienone is 1. The predicted molar refractivity (Wildman–Crippen MR) is 131 cm³/mol. The number of carbonyl (C=O) groups excluding carboxylic acids is 3. The molecule has 1 aliphatic rings. The summed E-state index contributed by atoms with van der Waals surface area (Å²) < 4.78 is 5.53. The van der Waals surface area contributed by atoms with Crippen LogP contribution >= 0.6 is 0 Å². The van der Waals surface area contributed by atoms with Gasteiger partial charge in [-0.1, -0.05) is 59.1 Å². The van der Waals surface area contributed by atoms with E-state index < -0.39 is 12.0 Å². The van der Waals surface area contributed by atoms with Crippen LogP contribution in [0.2, 0.25) is 0 Å². The van der Waals surface area contributed by atoms with Gasteiger partial charge in [0.15, 0.2) is 0 Å². The summed E-state index contributed by atoms with van der Waals surface area (Å²) in [5, 5.41) is 5.88. The van der Waals surface area contributed by atoms with Gasteiger partial charge in [0.2, 0.25) is 5.91 Å². The lowest BCUT2D eigenvalue weighted by Gasteiger charge is -2.35. The molecule has 0 aromatic heterocycles. The lowest BCUT2D eigenvalue weighted by Crippen LogP contribution is -2.48. The first-order valence-electron chi connectivity index (χ1n) is 12.1. The van der Waals surface area contributed by atoms with Crippen LogP contribution in [-0.4, -0.2) is 36.0 Å². The van der Waals surface area contributed by atoms with Crippen LogP contribution in [0, 0.1) is 5.92 Å². The lowest BCUT2D eigenvalue weighted by atomic mass is 9.94. The second-order valence-electron chi connectivity index (χ2n) is 9.01. The Kier molecular flexibility index (Phi) is 10.4. The van der Waals surface area contributed by atoms with Gasteiger partial charge in [-0.15, -0.1) is 0 Å². The van der Waals surface area contributed by atoms with E-state index in [2.05, 4.69) is 17.6 Å². The molecule has 1 heterocycles. The van der Waals surface area contributed by atoms with E-state index in [0.717, 1.165) is 37.7 Å². The van der Waals surface area contributed by atoms with Gasteiger partial charge in [-0.25, -0.2) is 9.59 Å². The number of nitrogens with zero attached hydrogens (tertiary/aromatic N) is 1. The Morgan fingerprint density at radius 2 is 1.79 bits per heavy atom. The lowest BCUT2D eigenvalue weighted by molar-refractivity contribution is -0.140. The summed E-state index contributed by atoms with van der Waals surface area (Å²) in [4.78, 5) is 39.5. The molecule has 0 radical (unpaired) electrons. The monoisotopic (exact) mass is 457 g/mol. The largest absolute Gasteiger partial charge is 0.462 e. The summed E-state index contributed by atoms with van der Waals surface area (Å²) in [5.74, 6) is -0.214. The van der Waals surface area contributed by atoms with Crippen molar-refractivity contribution in [2.45, 2.75) is 79.2 Å². The number of carbonyl (C=O) groups is 3. The van der Waals surface area contributed by atoms with E-state index in [1.54, 1.807) is 24.0 Å². The molecule has 0 fully saturated rings. The van der Waals surface area contributed by atoms with Crippen molar-refractivity contribution in [3.63, 3.8) is 0 Å². The number of amides is 3. The van der Waals surface area contributed by atoms with Crippen LogP contribution < -0.4 is 10.6 Å². The maximum Gasteiger partial charge on any atom is 0.338 e. The average molecular weight is 458 g/mol. The van der Waals surface area contributed by atoms with E-state index in [1.807, 2.05) is 32.9 Å². The minimum Gasteiger partial charge on any atom is -0.462 e. The van der Waals surface area contributed by atoms with Crippen LogP contribution in [0.3, 0.4) is 0 Å². The standard InChI is InChI=1S/C26H39N3O4/c1-6-8-9-10-11-22(30)27-21-14-12-20(13-15-21)24-23(25(31)33-17-18(3)4)19(5)29(16-7-2)26(32)28-24/h12-15,18,24H,6-11,16-17H2,1-5H3,(H,27,30)(H,28,32). The molecule has 0 bridgehead atoms. The number of rotatable bonds is 12. The molecule has 3 amide bonds. The highest BCUT2D eigenvalue weighted by molar-refractivity contribution is 5.95. The molecule has 2 N–H and O–H groups in total. The molecule has 7 heteroatoms. The van der Waals surface area contributed by atoms with E-state index in [0.29, 0.717) is 36.5 Å². The van der Waals surface area contributed by atoms with Crippen LogP contribution in [0.25, 0.3) is 0 Å². The number of ether oxygens (including phenoxy) is 1. The molecular weight excluding hydrogens is 418 g/mol. The Morgan fingerprint density at radius 1 is 1.09 bits per heavy atom. The Hall–Kier alpha value is -2.83. The molecule has 0 saturated heterocycles. The van der Waals surface area contributed by atoms with Crippen molar-refractivity contribution in [2.75, 3.05) is 18.5 Å². The van der Waals surface area contributed by atoms with Crippen LogP contribution in [-0.2, 0) is 14.3 Å². The molecule has 0 aliphatic carbocycles. The van der Waals surface area contributed by atoms with Gasteiger partial charge in [0.25, 0.3) is 0 Å². The van der Waals surface area contributed by atoms with Crippen LogP contribution in [0.4, 0.5) is 10.5 Å². The summed E-state index contributed by atoms with van der Waals surface area (Å²) in [5.41, 5.74) is 2.51. The number of benzene rings is 1. The zero-order valence-electron chi connectivity index (χ0n) is 20.7. The molecular formula is C26H39N3O4. The van der Waals surface area contributed by atoms with Gasteiger partial charge in [-0.2, -0.15) is 0 Å². The number of unbranched alkanes of at least 4 members (excludes halogenated alkanes) is 3. The first-order valence-corrected chi connectivity index (χ1v) is 12.1. The fourth-order valence-electron chi connectivity index (χ4n) is 3.80. The van der Waals surface area contributed by atoms with Gasteiger partial charge >= 0.3 is 12.0 Å². The van der Waals surface area contributed by atoms with Crippen molar-refractivity contribution in [3.8, 4) is 0 Å². The molecule has 0 saturated carbocycles. The van der Waals surface area contributed by atoms with Crippen molar-refractivity contribution < 1.29 is 19.1 Å². The third kappa shape index (κ3) is 7.62. The molecule has 7 nitrogen and oxygen atoms in total. The van der Waals surface area contributed by atoms with E-state index in [4.69, 9.17) is 4.74 Å². The van der Waals surface area contributed by atoms with E-state index >= 15 is 0 Å². The summed E-state index contributed by atoms with van der Waals surface area (Å²) in [6.07, 6.45) is 5.49. The first kappa shape index (κ1) is 26.4. The fourth-order valence-corrected chi connectivity index (χ4v) is 3.80. The third-order valence-electron chi connectivity index (χ3n) is 5.60. The Labute approximate surface area is 197 Å². The highest BCUT2D eigenvalue weighted by Gasteiger charge is 2.36. The molecule has 1 atom stereocenters. The summed E-state index contributed by atoms with van der Waals surface area (Å²) in [6.45, 7) is 10.7. The maximum atomic E-state index is 13.0. The molecule has 2 rings (SSSR count). The van der Waals surface area contributed by atoms with Gasteiger partial charge in [0.1, 0.15) is 0 Å². The molecule has 1 aromatic rings. The normalized spacial score (nSPS) is 16.1. The number of urea groups is 1. The molecule has 33 heavy (non-hydrogen) atoms. The van der Waals surface area contributed by atoms with Gasteiger partial charge in [-0.3, -0.25) is 9.69 Å². The van der Waals surface area contributed by atoms with E-state index in [9.17, 15) is 14.4 Å².